The zero-order valence-electron chi connectivity index (χ0n) is 19.0. The van der Waals surface area contributed by atoms with E-state index in [1.807, 2.05) is 9.80 Å². The Bertz CT molecular complexity index is 1160. The second-order valence-corrected chi connectivity index (χ2v) is 8.11. The summed E-state index contributed by atoms with van der Waals surface area (Å²) in [6.07, 6.45) is -0.751. The third-order valence-corrected chi connectivity index (χ3v) is 6.09. The first-order valence-corrected chi connectivity index (χ1v) is 10.7. The molecule has 6 nitrogen and oxygen atoms in total. The van der Waals surface area contributed by atoms with Crippen LogP contribution in [0.3, 0.4) is 0 Å². The van der Waals surface area contributed by atoms with Crippen LogP contribution in [0.2, 0.25) is 0 Å². The lowest BCUT2D eigenvalue weighted by atomic mass is 9.88. The summed E-state index contributed by atoms with van der Waals surface area (Å²) in [5.74, 6) is 0. The standard InChI is InChI=1S/C25H29F3N6/c1-4-16(3)33-7-9-34(10-8-33)23(14-30)18-11-20(25(26,27)28)17(12-22(18)32)24-15(2)5-6-21(31)19(24)13-29/h4-6,11-14,29H,1,3,7-10,30-32H2,2H3/b23-14+,29-13?. The lowest BCUT2D eigenvalue weighted by molar-refractivity contribution is -0.137. The highest BCUT2D eigenvalue weighted by molar-refractivity contribution is 5.98. The van der Waals surface area contributed by atoms with Crippen LogP contribution in [0.1, 0.15) is 22.3 Å². The zero-order valence-corrected chi connectivity index (χ0v) is 19.0. The van der Waals surface area contributed by atoms with Gasteiger partial charge in [0.25, 0.3) is 0 Å². The lowest BCUT2D eigenvalue weighted by Gasteiger charge is -2.39. The fourth-order valence-corrected chi connectivity index (χ4v) is 4.27. The molecular weight excluding hydrogens is 441 g/mol. The predicted molar refractivity (Wildman–Crippen MR) is 133 cm³/mol. The third-order valence-electron chi connectivity index (χ3n) is 6.09. The van der Waals surface area contributed by atoms with Gasteiger partial charge in [-0.25, -0.2) is 0 Å². The molecular formula is C25H29F3N6. The van der Waals surface area contributed by atoms with Crippen LogP contribution < -0.4 is 17.2 Å². The van der Waals surface area contributed by atoms with Crippen molar-refractivity contribution < 1.29 is 13.2 Å². The van der Waals surface area contributed by atoms with Crippen molar-refractivity contribution in [2.75, 3.05) is 37.6 Å². The maximum atomic E-state index is 14.3. The molecule has 1 aliphatic heterocycles. The molecule has 0 aliphatic carbocycles. The smallest absolute Gasteiger partial charge is 0.403 e. The van der Waals surface area contributed by atoms with Gasteiger partial charge in [-0.1, -0.05) is 19.2 Å². The quantitative estimate of drug-likeness (QED) is 0.284. The number of rotatable bonds is 6. The van der Waals surface area contributed by atoms with Gasteiger partial charge >= 0.3 is 6.18 Å². The highest BCUT2D eigenvalue weighted by atomic mass is 19.4. The number of alkyl halides is 3. The maximum absolute atomic E-state index is 14.3. The van der Waals surface area contributed by atoms with Gasteiger partial charge in [0, 0.05) is 66.8 Å². The van der Waals surface area contributed by atoms with Crippen molar-refractivity contribution in [1.29, 1.82) is 5.41 Å². The van der Waals surface area contributed by atoms with Crippen molar-refractivity contribution in [2.24, 2.45) is 5.73 Å². The SMILES string of the molecule is C=CC(=C)N1CCN(/C(=C/N)c2cc(C(F)(F)F)c(-c3c(C)ccc(N)c3C=N)cc2N)CC1. The number of benzene rings is 2. The average molecular weight is 471 g/mol. The highest BCUT2D eigenvalue weighted by Crippen LogP contribution is 2.43. The molecule has 1 saturated heterocycles. The molecule has 1 heterocycles. The fraction of sp³-hybridized carbons (Fsp3) is 0.240. The first-order chi connectivity index (χ1) is 16.0. The second-order valence-electron chi connectivity index (χ2n) is 8.11. The number of nitrogen functional groups attached to an aromatic ring is 2. The van der Waals surface area contributed by atoms with Crippen molar-refractivity contribution in [1.82, 2.24) is 9.80 Å². The van der Waals surface area contributed by atoms with Crippen LogP contribution in [0, 0.1) is 12.3 Å². The summed E-state index contributed by atoms with van der Waals surface area (Å²) in [6, 6.07) is 5.53. The Balaban J connectivity index is 2.13. The topological polar surface area (TPSA) is 108 Å². The van der Waals surface area contributed by atoms with Crippen LogP contribution in [0.25, 0.3) is 16.8 Å². The minimum Gasteiger partial charge on any atom is -0.403 e. The summed E-state index contributed by atoms with van der Waals surface area (Å²) in [4.78, 5) is 3.96. The van der Waals surface area contributed by atoms with Crippen LogP contribution >= 0.6 is 0 Å². The molecule has 0 radical (unpaired) electrons. The van der Waals surface area contributed by atoms with Gasteiger partial charge in [-0.3, -0.25) is 0 Å². The Morgan fingerprint density at radius 2 is 1.68 bits per heavy atom. The van der Waals surface area contributed by atoms with Gasteiger partial charge in [-0.2, -0.15) is 13.2 Å². The average Bonchev–Trinajstić information content (AvgIpc) is 2.80. The number of aryl methyl sites for hydroxylation is 1. The summed E-state index contributed by atoms with van der Waals surface area (Å²) in [5.41, 5.74) is 20.0. The molecule has 3 rings (SSSR count). The lowest BCUT2D eigenvalue weighted by Crippen LogP contribution is -2.44. The van der Waals surface area contributed by atoms with Crippen molar-refractivity contribution >= 4 is 23.3 Å². The van der Waals surface area contributed by atoms with E-state index in [0.29, 0.717) is 37.4 Å². The molecule has 2 aromatic rings. The molecule has 0 aromatic heterocycles. The third kappa shape index (κ3) is 4.59. The number of allylic oxidation sites excluding steroid dienone is 1. The van der Waals surface area contributed by atoms with E-state index in [0.717, 1.165) is 18.0 Å². The Morgan fingerprint density at radius 3 is 2.21 bits per heavy atom. The number of nitrogens with one attached hydrogen (secondary N) is 1. The first kappa shape index (κ1) is 24.8. The normalized spacial score (nSPS) is 14.8. The van der Waals surface area contributed by atoms with Crippen molar-refractivity contribution in [3.05, 3.63) is 77.7 Å². The molecule has 180 valence electrons. The zero-order chi connectivity index (χ0) is 25.2. The summed E-state index contributed by atoms with van der Waals surface area (Å²) < 4.78 is 42.8. The predicted octanol–water partition coefficient (Wildman–Crippen LogP) is 4.42. The van der Waals surface area contributed by atoms with E-state index < -0.39 is 11.7 Å². The van der Waals surface area contributed by atoms with E-state index in [-0.39, 0.29) is 33.6 Å². The molecule has 0 unspecified atom stereocenters. The van der Waals surface area contributed by atoms with Gasteiger partial charge in [-0.05, 0) is 47.9 Å². The van der Waals surface area contributed by atoms with E-state index in [1.165, 1.54) is 12.3 Å². The van der Waals surface area contributed by atoms with Gasteiger partial charge in [0.05, 0.1) is 11.3 Å². The Labute approximate surface area is 197 Å². The Kier molecular flexibility index (Phi) is 6.95. The largest absolute Gasteiger partial charge is 0.417 e. The minimum atomic E-state index is -4.67. The van der Waals surface area contributed by atoms with Gasteiger partial charge in [0.2, 0.25) is 0 Å². The molecule has 1 fully saturated rings. The molecule has 0 amide bonds. The maximum Gasteiger partial charge on any atom is 0.417 e. The van der Waals surface area contributed by atoms with Gasteiger partial charge in [-0.15, -0.1) is 0 Å². The number of nitrogens with two attached hydrogens (primary N) is 3. The van der Waals surface area contributed by atoms with Crippen LogP contribution in [0.15, 0.2) is 55.4 Å². The van der Waals surface area contributed by atoms with E-state index in [2.05, 4.69) is 13.2 Å². The number of halogens is 3. The van der Waals surface area contributed by atoms with Crippen molar-refractivity contribution in [3.63, 3.8) is 0 Å². The van der Waals surface area contributed by atoms with Crippen LogP contribution in [0.4, 0.5) is 24.5 Å². The molecule has 0 atom stereocenters. The van der Waals surface area contributed by atoms with Crippen molar-refractivity contribution in [3.8, 4) is 11.1 Å². The molecule has 0 bridgehead atoms. The molecule has 34 heavy (non-hydrogen) atoms. The van der Waals surface area contributed by atoms with E-state index in [9.17, 15) is 13.2 Å². The highest BCUT2D eigenvalue weighted by Gasteiger charge is 2.36. The Hall–Kier alpha value is -3.88. The molecule has 7 N–H and O–H groups in total. The van der Waals surface area contributed by atoms with Gasteiger partial charge in [0.1, 0.15) is 0 Å². The summed E-state index contributed by atoms with van der Waals surface area (Å²) in [6.45, 7) is 11.7. The second kappa shape index (κ2) is 9.54. The van der Waals surface area contributed by atoms with Crippen LogP contribution in [0.5, 0.6) is 0 Å². The van der Waals surface area contributed by atoms with Crippen molar-refractivity contribution in [2.45, 2.75) is 13.1 Å². The minimum absolute atomic E-state index is 0.125. The molecule has 0 saturated carbocycles. The van der Waals surface area contributed by atoms with E-state index in [1.54, 1.807) is 25.1 Å². The number of piperazine rings is 1. The summed E-state index contributed by atoms with van der Waals surface area (Å²) >= 11 is 0. The summed E-state index contributed by atoms with van der Waals surface area (Å²) in [7, 11) is 0. The monoisotopic (exact) mass is 470 g/mol. The Morgan fingerprint density at radius 1 is 1.06 bits per heavy atom. The van der Waals surface area contributed by atoms with Crippen LogP contribution in [-0.4, -0.2) is 42.2 Å². The van der Waals surface area contributed by atoms with Crippen LogP contribution in [-0.2, 0) is 6.18 Å². The molecule has 1 aliphatic rings. The number of nitrogens with zero attached hydrogens (tertiary/aromatic N) is 2. The van der Waals surface area contributed by atoms with Gasteiger partial charge < -0.3 is 32.4 Å². The molecule has 0 spiro atoms. The number of anilines is 2. The van der Waals surface area contributed by atoms with E-state index in [4.69, 9.17) is 22.6 Å². The first-order valence-electron chi connectivity index (χ1n) is 10.7. The number of hydrogen-bond donors (Lipinski definition) is 4. The number of hydrogen-bond acceptors (Lipinski definition) is 6. The molecule has 2 aromatic carbocycles. The molecule has 9 heteroatoms. The van der Waals surface area contributed by atoms with E-state index >= 15 is 0 Å². The summed E-state index contributed by atoms with van der Waals surface area (Å²) in [5, 5.41) is 7.72. The fourth-order valence-electron chi connectivity index (χ4n) is 4.27. The van der Waals surface area contributed by atoms with Gasteiger partial charge in [0.15, 0.2) is 0 Å².